The van der Waals surface area contributed by atoms with Gasteiger partial charge >= 0.3 is 0 Å². The van der Waals surface area contributed by atoms with Crippen LogP contribution in [0.2, 0.25) is 0 Å². The third kappa shape index (κ3) is 15.1. The van der Waals surface area contributed by atoms with Crippen molar-refractivity contribution in [3.05, 3.63) is 88.8 Å². The lowest BCUT2D eigenvalue weighted by Gasteiger charge is -2.25. The zero-order chi connectivity index (χ0) is 32.7. The van der Waals surface area contributed by atoms with Gasteiger partial charge in [-0.05, 0) is 60.6 Å². The smallest absolute Gasteiger partial charge is 0.181 e. The average molecular weight is 621 g/mol. The molecule has 1 unspecified atom stereocenters. The van der Waals surface area contributed by atoms with Gasteiger partial charge in [0.15, 0.2) is 6.29 Å². The average Bonchev–Trinajstić information content (AvgIpc) is 3.00. The highest BCUT2D eigenvalue weighted by molar-refractivity contribution is 6.19. The lowest BCUT2D eigenvalue weighted by Crippen LogP contribution is -2.19. The Morgan fingerprint density at radius 3 is 2.18 bits per heavy atom. The van der Waals surface area contributed by atoms with E-state index in [4.69, 9.17) is 26.3 Å². The van der Waals surface area contributed by atoms with Crippen molar-refractivity contribution >= 4 is 11.6 Å². The fraction of sp³-hybridized carbons (Fsp3) is 0.526. The van der Waals surface area contributed by atoms with Gasteiger partial charge in [-0.1, -0.05) is 104 Å². The van der Waals surface area contributed by atoms with E-state index in [-0.39, 0.29) is 17.9 Å². The van der Waals surface area contributed by atoms with Crippen LogP contribution in [0.1, 0.15) is 117 Å². The number of unbranched alkanes of at least 4 members (excludes halogenated alkanes) is 4. The Balaban J connectivity index is 0.00000123. The van der Waals surface area contributed by atoms with Gasteiger partial charge < -0.3 is 14.6 Å². The van der Waals surface area contributed by atoms with Gasteiger partial charge in [0.05, 0.1) is 18.2 Å². The Labute approximate surface area is 272 Å². The molecule has 1 saturated carbocycles. The molecule has 240 valence electrons. The molecule has 0 aliphatic heterocycles. The second kappa shape index (κ2) is 23.3. The van der Waals surface area contributed by atoms with Gasteiger partial charge in [-0.2, -0.15) is 10.5 Å². The maximum absolute atomic E-state index is 10.6. The second-order valence-corrected chi connectivity index (χ2v) is 11.9. The molecule has 1 aliphatic rings. The van der Waals surface area contributed by atoms with E-state index < -0.39 is 6.29 Å². The molecule has 2 rings (SSSR count). The van der Waals surface area contributed by atoms with Gasteiger partial charge in [0.25, 0.3) is 0 Å². The topological polar surface area (TPSA) is 86.3 Å². The van der Waals surface area contributed by atoms with E-state index in [0.717, 1.165) is 25.7 Å². The van der Waals surface area contributed by atoms with Crippen LogP contribution in [-0.2, 0) is 4.74 Å². The number of ether oxygens (including phenoxy) is 2. The molecule has 1 N–H and O–H groups in total. The van der Waals surface area contributed by atoms with Crippen LogP contribution in [0, 0.1) is 28.6 Å². The minimum absolute atomic E-state index is 0.0869. The highest BCUT2D eigenvalue weighted by Crippen LogP contribution is 2.34. The van der Waals surface area contributed by atoms with Gasteiger partial charge in [-0.15, -0.1) is 11.6 Å². The molecule has 0 amide bonds. The number of alkyl halides is 1. The van der Waals surface area contributed by atoms with Crippen molar-refractivity contribution < 1.29 is 14.6 Å². The van der Waals surface area contributed by atoms with Crippen molar-refractivity contribution in [1.29, 1.82) is 10.5 Å². The quantitative estimate of drug-likeness (QED) is 0.0496. The molecule has 44 heavy (non-hydrogen) atoms. The van der Waals surface area contributed by atoms with Crippen LogP contribution >= 0.6 is 11.6 Å². The number of nitrogens with zero attached hydrogens (tertiary/aromatic N) is 2. The molecule has 1 aromatic carbocycles. The first-order valence-electron chi connectivity index (χ1n) is 16.1. The number of nitriles is 2. The molecule has 0 saturated heterocycles. The zero-order valence-electron chi connectivity index (χ0n) is 27.6. The number of benzene rings is 1. The Hall–Kier alpha value is -3.09. The molecule has 1 aliphatic carbocycles. The van der Waals surface area contributed by atoms with Crippen molar-refractivity contribution in [2.24, 2.45) is 5.92 Å². The summed E-state index contributed by atoms with van der Waals surface area (Å²) in [7, 11) is 0. The van der Waals surface area contributed by atoms with Crippen molar-refractivity contribution in [2.75, 3.05) is 5.88 Å². The summed E-state index contributed by atoms with van der Waals surface area (Å²) < 4.78 is 12.3. The van der Waals surface area contributed by atoms with E-state index in [1.807, 2.05) is 13.0 Å². The first-order valence-corrected chi connectivity index (χ1v) is 16.7. The summed E-state index contributed by atoms with van der Waals surface area (Å²) in [6, 6.07) is 11.3. The van der Waals surface area contributed by atoms with Gasteiger partial charge in [-0.3, -0.25) is 0 Å². The summed E-state index contributed by atoms with van der Waals surface area (Å²) in [4.78, 5) is 0. The van der Waals surface area contributed by atoms with Crippen LogP contribution < -0.4 is 4.74 Å². The second-order valence-electron chi connectivity index (χ2n) is 11.6. The normalized spacial score (nSPS) is 15.6. The van der Waals surface area contributed by atoms with Gasteiger partial charge in [0, 0.05) is 35.6 Å². The van der Waals surface area contributed by atoms with E-state index >= 15 is 0 Å². The summed E-state index contributed by atoms with van der Waals surface area (Å²) in [6.07, 6.45) is 18.4. The molecule has 0 spiro atoms. The third-order valence-electron chi connectivity index (χ3n) is 7.22. The van der Waals surface area contributed by atoms with Gasteiger partial charge in [-0.25, -0.2) is 0 Å². The number of aliphatic hydroxyl groups is 1. The monoisotopic (exact) mass is 620 g/mol. The van der Waals surface area contributed by atoms with Crippen LogP contribution in [0.3, 0.4) is 0 Å². The highest BCUT2D eigenvalue weighted by Gasteiger charge is 2.21. The van der Waals surface area contributed by atoms with E-state index in [0.29, 0.717) is 45.8 Å². The van der Waals surface area contributed by atoms with E-state index in [1.54, 1.807) is 36.4 Å². The maximum atomic E-state index is 10.6. The van der Waals surface area contributed by atoms with Crippen LogP contribution in [-0.4, -0.2) is 17.1 Å². The molecule has 0 radical (unpaired) electrons. The summed E-state index contributed by atoms with van der Waals surface area (Å²) in [5.74, 6) is 1.66. The molecular formula is C38H53ClN2O3. The summed E-state index contributed by atoms with van der Waals surface area (Å²) >= 11 is 6.07. The molecule has 1 aromatic rings. The van der Waals surface area contributed by atoms with E-state index in [9.17, 15) is 10.4 Å². The Morgan fingerprint density at radius 1 is 1.05 bits per heavy atom. The predicted molar refractivity (Wildman–Crippen MR) is 183 cm³/mol. The summed E-state index contributed by atoms with van der Waals surface area (Å²) in [6.45, 7) is 14.5. The fourth-order valence-corrected chi connectivity index (χ4v) is 5.12. The molecule has 1 atom stereocenters. The molecular weight excluding hydrogens is 568 g/mol. The van der Waals surface area contributed by atoms with Crippen LogP contribution in [0.15, 0.2) is 83.2 Å². The fourth-order valence-electron chi connectivity index (χ4n) is 4.95. The lowest BCUT2D eigenvalue weighted by molar-refractivity contribution is -0.147. The zero-order valence-corrected chi connectivity index (χ0v) is 28.3. The van der Waals surface area contributed by atoms with E-state index in [1.165, 1.54) is 50.7 Å². The molecule has 0 heterocycles. The number of allylic oxidation sites excluding steroid dienone is 9. The van der Waals surface area contributed by atoms with E-state index in [2.05, 4.69) is 40.3 Å². The third-order valence-corrected chi connectivity index (χ3v) is 7.37. The van der Waals surface area contributed by atoms with Gasteiger partial charge in [0.1, 0.15) is 11.5 Å². The number of hydrogen-bond donors (Lipinski definition) is 1. The van der Waals surface area contributed by atoms with Crippen molar-refractivity contribution in [3.63, 3.8) is 0 Å². The minimum atomic E-state index is -0.985. The van der Waals surface area contributed by atoms with Crippen LogP contribution in [0.4, 0.5) is 0 Å². The predicted octanol–water partition coefficient (Wildman–Crippen LogP) is 11.0. The molecule has 0 aromatic heterocycles. The van der Waals surface area contributed by atoms with Crippen LogP contribution in [0.25, 0.3) is 0 Å². The number of halogens is 1. The molecule has 6 heteroatoms. The van der Waals surface area contributed by atoms with Crippen molar-refractivity contribution in [2.45, 2.75) is 118 Å². The highest BCUT2D eigenvalue weighted by atomic mass is 35.5. The molecule has 5 nitrogen and oxygen atoms in total. The van der Waals surface area contributed by atoms with Gasteiger partial charge in [0.2, 0.25) is 0 Å². The largest absolute Gasteiger partial charge is 0.461 e. The molecule has 1 fully saturated rings. The number of rotatable bonds is 16. The van der Waals surface area contributed by atoms with Crippen molar-refractivity contribution in [3.8, 4) is 17.9 Å². The Bertz CT molecular complexity index is 1190. The standard InChI is InChI=1S/C31H37ClN2O3.C7H16/c1-22(2)21-29(30(28(17-20-34)23(3)4)24(16-18-32)9-8-19-33)36-27-14-12-25(13-15-27)31(35)37-26-10-6-5-7-11-26;1-3-5-7-6-4-2/h8-9,12-17,22,26,31,35H,3,5-7,10-11,18,21H2,1-2,4H3;3-7H2,1-2H3/b9-8+,24-16-,28-17+,30-29-;. The first-order chi connectivity index (χ1) is 21.2. The molecule has 0 bridgehead atoms. The minimum Gasteiger partial charge on any atom is -0.461 e. The summed E-state index contributed by atoms with van der Waals surface area (Å²) in [5.41, 5.74) is 3.30. The summed E-state index contributed by atoms with van der Waals surface area (Å²) in [5, 5.41) is 29.2. The van der Waals surface area contributed by atoms with Crippen molar-refractivity contribution in [1.82, 2.24) is 0 Å². The lowest BCUT2D eigenvalue weighted by atomic mass is 9.89. The Morgan fingerprint density at radius 2 is 1.68 bits per heavy atom. The number of aliphatic hydroxyl groups excluding tert-OH is 1. The number of hydrogen-bond acceptors (Lipinski definition) is 5. The first kappa shape index (κ1) is 38.9. The van der Waals surface area contributed by atoms with Crippen LogP contribution in [0.5, 0.6) is 5.75 Å². The Kier molecular flexibility index (Phi) is 20.6. The SMILES string of the molecule is C=C(C)C(=C\C#N)/C(C(=C\CCl)/C=C/C#N)=C(/CC(C)C)Oc1ccc(C(O)OC2CCCCC2)cc1.CCCCCCC. The maximum Gasteiger partial charge on any atom is 0.181 e.